The molecule has 3 N–H and O–H groups in total. The summed E-state index contributed by atoms with van der Waals surface area (Å²) in [5.74, 6) is 1.33. The molecular formula is C19H19N3O3. The van der Waals surface area contributed by atoms with Gasteiger partial charge in [0.1, 0.15) is 11.6 Å². The Hall–Kier alpha value is -3.28. The minimum Gasteiger partial charge on any atom is -0.508 e. The first-order valence-corrected chi connectivity index (χ1v) is 7.81. The first-order chi connectivity index (χ1) is 12.1. The van der Waals surface area contributed by atoms with Crippen LogP contribution >= 0.6 is 0 Å². The van der Waals surface area contributed by atoms with Gasteiger partial charge in [0.2, 0.25) is 0 Å². The summed E-state index contributed by atoms with van der Waals surface area (Å²) in [5, 5.41) is 22.4. The van der Waals surface area contributed by atoms with Crippen molar-refractivity contribution in [2.45, 2.75) is 13.0 Å². The summed E-state index contributed by atoms with van der Waals surface area (Å²) in [7, 11) is 1.50. The number of phenols is 2. The molecule has 0 amide bonds. The summed E-state index contributed by atoms with van der Waals surface area (Å²) in [6.45, 7) is 2.00. The SMILES string of the molecule is COc1cc(-c2cncc(NC(C)c3ccc(O)cc3)n2)ccc1O. The van der Waals surface area contributed by atoms with Crippen LogP contribution in [0.3, 0.4) is 0 Å². The minimum atomic E-state index is -0.000459. The number of nitrogens with one attached hydrogen (secondary N) is 1. The Morgan fingerprint density at radius 1 is 1.04 bits per heavy atom. The number of nitrogens with zero attached hydrogens (tertiary/aromatic N) is 2. The van der Waals surface area contributed by atoms with Crippen LogP contribution < -0.4 is 10.1 Å². The number of anilines is 1. The van der Waals surface area contributed by atoms with E-state index in [4.69, 9.17) is 4.74 Å². The number of ether oxygens (including phenoxy) is 1. The normalized spacial score (nSPS) is 11.8. The lowest BCUT2D eigenvalue weighted by atomic mass is 10.1. The molecule has 0 spiro atoms. The second-order valence-corrected chi connectivity index (χ2v) is 5.63. The average molecular weight is 337 g/mol. The first-order valence-electron chi connectivity index (χ1n) is 7.81. The fraction of sp³-hybridized carbons (Fsp3) is 0.158. The van der Waals surface area contributed by atoms with Crippen molar-refractivity contribution in [3.05, 3.63) is 60.4 Å². The van der Waals surface area contributed by atoms with Gasteiger partial charge in [-0.15, -0.1) is 0 Å². The van der Waals surface area contributed by atoms with Gasteiger partial charge in [0, 0.05) is 11.6 Å². The highest BCUT2D eigenvalue weighted by molar-refractivity contribution is 5.64. The summed E-state index contributed by atoms with van der Waals surface area (Å²) < 4.78 is 5.14. The van der Waals surface area contributed by atoms with E-state index in [0.717, 1.165) is 11.1 Å². The van der Waals surface area contributed by atoms with E-state index in [1.54, 1.807) is 42.7 Å². The third-order valence-corrected chi connectivity index (χ3v) is 3.87. The Bertz CT molecular complexity index is 866. The standard InChI is InChI=1S/C19H19N3O3/c1-12(13-3-6-15(23)7-4-13)21-19-11-20-10-16(22-19)14-5-8-17(24)18(9-14)25-2/h3-12,23-24H,1-2H3,(H,21,22). The molecular weight excluding hydrogens is 318 g/mol. The molecule has 3 aromatic rings. The number of aromatic nitrogens is 2. The van der Waals surface area contributed by atoms with Crippen molar-refractivity contribution in [3.63, 3.8) is 0 Å². The Labute approximate surface area is 145 Å². The Morgan fingerprint density at radius 2 is 1.80 bits per heavy atom. The average Bonchev–Trinajstić information content (AvgIpc) is 2.63. The van der Waals surface area contributed by atoms with E-state index in [-0.39, 0.29) is 17.5 Å². The van der Waals surface area contributed by atoms with E-state index in [0.29, 0.717) is 17.3 Å². The van der Waals surface area contributed by atoms with Gasteiger partial charge in [0.25, 0.3) is 0 Å². The number of benzene rings is 2. The van der Waals surface area contributed by atoms with Gasteiger partial charge >= 0.3 is 0 Å². The summed E-state index contributed by atoms with van der Waals surface area (Å²) in [4.78, 5) is 8.80. The monoisotopic (exact) mass is 337 g/mol. The number of rotatable bonds is 5. The third-order valence-electron chi connectivity index (χ3n) is 3.87. The van der Waals surface area contributed by atoms with Crippen molar-refractivity contribution in [3.8, 4) is 28.5 Å². The van der Waals surface area contributed by atoms with Crippen molar-refractivity contribution in [2.24, 2.45) is 0 Å². The number of methoxy groups -OCH3 is 1. The van der Waals surface area contributed by atoms with Crippen LogP contribution in [0.4, 0.5) is 5.82 Å². The predicted octanol–water partition coefficient (Wildman–Crippen LogP) is 3.74. The van der Waals surface area contributed by atoms with Crippen LogP contribution in [0.15, 0.2) is 54.9 Å². The van der Waals surface area contributed by atoms with Crippen molar-refractivity contribution in [1.82, 2.24) is 9.97 Å². The molecule has 2 aromatic carbocycles. The lowest BCUT2D eigenvalue weighted by Crippen LogP contribution is -2.08. The van der Waals surface area contributed by atoms with Crippen LogP contribution in [0.1, 0.15) is 18.5 Å². The fourth-order valence-electron chi connectivity index (χ4n) is 2.48. The number of hydrogen-bond acceptors (Lipinski definition) is 6. The molecule has 0 saturated heterocycles. The Kier molecular flexibility index (Phi) is 4.70. The maximum atomic E-state index is 9.71. The van der Waals surface area contributed by atoms with Crippen LogP contribution in [0.2, 0.25) is 0 Å². The van der Waals surface area contributed by atoms with Gasteiger partial charge in [0.15, 0.2) is 11.5 Å². The summed E-state index contributed by atoms with van der Waals surface area (Å²) in [6.07, 6.45) is 3.31. The predicted molar refractivity (Wildman–Crippen MR) is 95.8 cm³/mol. The minimum absolute atomic E-state index is 0.000459. The van der Waals surface area contributed by atoms with Gasteiger partial charge in [-0.3, -0.25) is 4.98 Å². The third kappa shape index (κ3) is 3.80. The molecule has 0 saturated carbocycles. The second kappa shape index (κ2) is 7.09. The van der Waals surface area contributed by atoms with E-state index in [1.165, 1.54) is 7.11 Å². The number of hydrogen-bond donors (Lipinski definition) is 3. The summed E-state index contributed by atoms with van der Waals surface area (Å²) in [6, 6.07) is 12.1. The summed E-state index contributed by atoms with van der Waals surface area (Å²) >= 11 is 0. The van der Waals surface area contributed by atoms with E-state index >= 15 is 0 Å². The van der Waals surface area contributed by atoms with Gasteiger partial charge in [-0.25, -0.2) is 4.98 Å². The molecule has 0 radical (unpaired) electrons. The molecule has 0 aliphatic rings. The van der Waals surface area contributed by atoms with Crippen molar-refractivity contribution in [2.75, 3.05) is 12.4 Å². The van der Waals surface area contributed by atoms with E-state index in [2.05, 4.69) is 15.3 Å². The van der Waals surface area contributed by atoms with Crippen LogP contribution in [-0.4, -0.2) is 27.3 Å². The van der Waals surface area contributed by atoms with Crippen molar-refractivity contribution < 1.29 is 14.9 Å². The molecule has 1 aromatic heterocycles. The van der Waals surface area contributed by atoms with E-state index < -0.39 is 0 Å². The molecule has 25 heavy (non-hydrogen) atoms. The number of aromatic hydroxyl groups is 2. The van der Waals surface area contributed by atoms with E-state index in [1.807, 2.05) is 19.1 Å². The molecule has 1 heterocycles. The molecule has 128 valence electrons. The van der Waals surface area contributed by atoms with Gasteiger partial charge in [-0.1, -0.05) is 12.1 Å². The largest absolute Gasteiger partial charge is 0.508 e. The van der Waals surface area contributed by atoms with E-state index in [9.17, 15) is 10.2 Å². The fourth-order valence-corrected chi connectivity index (χ4v) is 2.48. The molecule has 3 rings (SSSR count). The zero-order valence-corrected chi connectivity index (χ0v) is 14.0. The van der Waals surface area contributed by atoms with Crippen LogP contribution in [0, 0.1) is 0 Å². The smallest absolute Gasteiger partial charge is 0.161 e. The van der Waals surface area contributed by atoms with Crippen LogP contribution in [0.5, 0.6) is 17.2 Å². The molecule has 1 atom stereocenters. The molecule has 1 unspecified atom stereocenters. The maximum Gasteiger partial charge on any atom is 0.161 e. The zero-order chi connectivity index (χ0) is 17.8. The van der Waals surface area contributed by atoms with Crippen molar-refractivity contribution >= 4 is 5.82 Å². The highest BCUT2D eigenvalue weighted by atomic mass is 16.5. The Morgan fingerprint density at radius 3 is 2.52 bits per heavy atom. The van der Waals surface area contributed by atoms with Crippen molar-refractivity contribution in [1.29, 1.82) is 0 Å². The first kappa shape index (κ1) is 16.6. The molecule has 0 aliphatic heterocycles. The maximum absolute atomic E-state index is 9.71. The number of phenolic OH excluding ortho intramolecular Hbond substituents is 2. The van der Waals surface area contributed by atoms with Gasteiger partial charge in [-0.2, -0.15) is 0 Å². The van der Waals surface area contributed by atoms with Gasteiger partial charge < -0.3 is 20.3 Å². The van der Waals surface area contributed by atoms with Crippen LogP contribution in [-0.2, 0) is 0 Å². The lowest BCUT2D eigenvalue weighted by Gasteiger charge is -2.15. The topological polar surface area (TPSA) is 87.5 Å². The highest BCUT2D eigenvalue weighted by Crippen LogP contribution is 2.31. The van der Waals surface area contributed by atoms with Gasteiger partial charge in [0.05, 0.1) is 25.2 Å². The van der Waals surface area contributed by atoms with Gasteiger partial charge in [-0.05, 0) is 42.8 Å². The molecule has 0 fully saturated rings. The lowest BCUT2D eigenvalue weighted by molar-refractivity contribution is 0.373. The zero-order valence-electron chi connectivity index (χ0n) is 14.0. The Balaban J connectivity index is 1.83. The second-order valence-electron chi connectivity index (χ2n) is 5.63. The highest BCUT2D eigenvalue weighted by Gasteiger charge is 2.10. The molecule has 0 aliphatic carbocycles. The quantitative estimate of drug-likeness (QED) is 0.657. The van der Waals surface area contributed by atoms with Crippen LogP contribution in [0.25, 0.3) is 11.3 Å². The summed E-state index contributed by atoms with van der Waals surface area (Å²) in [5.41, 5.74) is 2.49. The molecule has 0 bridgehead atoms. The molecule has 6 nitrogen and oxygen atoms in total. The molecule has 6 heteroatoms.